The van der Waals surface area contributed by atoms with Gasteiger partial charge in [-0.25, -0.2) is 9.69 Å². The molecule has 0 saturated carbocycles. The average molecular weight is 303 g/mol. The molecule has 0 unspecified atom stereocenters. The van der Waals surface area contributed by atoms with E-state index in [9.17, 15) is 14.7 Å². The summed E-state index contributed by atoms with van der Waals surface area (Å²) in [6.07, 6.45) is -0.100. The molecule has 1 aliphatic heterocycles. The topological polar surface area (TPSA) is 66.8 Å². The predicted molar refractivity (Wildman–Crippen MR) is 80.1 cm³/mol. The number of amides is 2. The molecule has 1 saturated heterocycles. The Morgan fingerprint density at radius 3 is 2.86 bits per heavy atom. The summed E-state index contributed by atoms with van der Waals surface area (Å²) in [4.78, 5) is 25.8. The van der Waals surface area contributed by atoms with Crippen LogP contribution >= 0.6 is 0 Å². The van der Waals surface area contributed by atoms with Crippen molar-refractivity contribution in [3.8, 4) is 0 Å². The van der Waals surface area contributed by atoms with Crippen LogP contribution in [0.3, 0.4) is 0 Å². The Morgan fingerprint density at radius 1 is 1.41 bits per heavy atom. The van der Waals surface area contributed by atoms with Crippen LogP contribution in [-0.2, 0) is 16.0 Å². The molecule has 1 fully saturated rings. The molecular weight excluding hydrogens is 282 g/mol. The maximum atomic E-state index is 12.5. The van der Waals surface area contributed by atoms with Crippen molar-refractivity contribution in [1.82, 2.24) is 4.90 Å². The van der Waals surface area contributed by atoms with Crippen molar-refractivity contribution in [3.63, 3.8) is 0 Å². The molecule has 0 aromatic heterocycles. The summed E-state index contributed by atoms with van der Waals surface area (Å²) in [6.45, 7) is 3.69. The SMILES string of the molecule is CC(C)[C@@H](O)CC(=O)N1C(=O)O[C@H]2CCc3ccccc3[C@@H]21. The lowest BCUT2D eigenvalue weighted by atomic mass is 9.85. The minimum Gasteiger partial charge on any atom is -0.443 e. The first-order valence-corrected chi connectivity index (χ1v) is 7.77. The fourth-order valence-electron chi connectivity index (χ4n) is 3.20. The first-order chi connectivity index (χ1) is 10.5. The van der Waals surface area contributed by atoms with Gasteiger partial charge >= 0.3 is 6.09 Å². The highest BCUT2D eigenvalue weighted by Gasteiger charge is 2.48. The van der Waals surface area contributed by atoms with Crippen LogP contribution in [0.4, 0.5) is 4.79 Å². The van der Waals surface area contributed by atoms with Crippen LogP contribution in [0.1, 0.15) is 43.9 Å². The number of hydrogen-bond acceptors (Lipinski definition) is 4. The summed E-state index contributed by atoms with van der Waals surface area (Å²) in [6, 6.07) is 7.50. The molecule has 1 aromatic rings. The zero-order valence-corrected chi connectivity index (χ0v) is 12.9. The van der Waals surface area contributed by atoms with Gasteiger partial charge in [0.1, 0.15) is 12.1 Å². The van der Waals surface area contributed by atoms with Gasteiger partial charge in [0.15, 0.2) is 0 Å². The lowest BCUT2D eigenvalue weighted by Crippen LogP contribution is -2.39. The maximum absolute atomic E-state index is 12.5. The van der Waals surface area contributed by atoms with E-state index in [-0.39, 0.29) is 30.4 Å². The van der Waals surface area contributed by atoms with Crippen LogP contribution in [0.2, 0.25) is 0 Å². The summed E-state index contributed by atoms with van der Waals surface area (Å²) in [5.41, 5.74) is 2.14. The maximum Gasteiger partial charge on any atom is 0.417 e. The van der Waals surface area contributed by atoms with Crippen LogP contribution in [0.25, 0.3) is 0 Å². The Labute approximate surface area is 129 Å². The average Bonchev–Trinajstić information content (AvgIpc) is 2.83. The van der Waals surface area contributed by atoms with Crippen molar-refractivity contribution in [2.45, 2.75) is 51.4 Å². The molecule has 22 heavy (non-hydrogen) atoms. The molecule has 0 radical (unpaired) electrons. The van der Waals surface area contributed by atoms with Gasteiger partial charge in [0.25, 0.3) is 0 Å². The van der Waals surface area contributed by atoms with Gasteiger partial charge in [0.05, 0.1) is 12.5 Å². The number of rotatable bonds is 3. The molecule has 118 valence electrons. The number of nitrogens with zero attached hydrogens (tertiary/aromatic N) is 1. The largest absolute Gasteiger partial charge is 0.443 e. The van der Waals surface area contributed by atoms with Crippen LogP contribution in [0.5, 0.6) is 0 Å². The van der Waals surface area contributed by atoms with Gasteiger partial charge in [-0.3, -0.25) is 4.79 Å². The van der Waals surface area contributed by atoms with Crippen molar-refractivity contribution in [3.05, 3.63) is 35.4 Å². The first kappa shape index (κ1) is 15.0. The number of aliphatic hydroxyl groups excluding tert-OH is 1. The summed E-state index contributed by atoms with van der Waals surface area (Å²) < 4.78 is 5.38. The number of fused-ring (bicyclic) bond motifs is 3. The van der Waals surface area contributed by atoms with Crippen LogP contribution < -0.4 is 0 Å². The smallest absolute Gasteiger partial charge is 0.417 e. The van der Waals surface area contributed by atoms with E-state index < -0.39 is 12.2 Å². The third-order valence-corrected chi connectivity index (χ3v) is 4.57. The number of hydrogen-bond donors (Lipinski definition) is 1. The number of carbonyl (C=O) groups is 2. The Bertz CT molecular complexity index is 598. The lowest BCUT2D eigenvalue weighted by molar-refractivity contribution is -0.132. The third kappa shape index (κ3) is 2.50. The highest BCUT2D eigenvalue weighted by molar-refractivity contribution is 5.94. The molecule has 0 bridgehead atoms. The van der Waals surface area contributed by atoms with Gasteiger partial charge in [-0.2, -0.15) is 0 Å². The van der Waals surface area contributed by atoms with E-state index >= 15 is 0 Å². The molecule has 3 rings (SSSR count). The standard InChI is InChI=1S/C17H21NO4/c1-10(2)13(19)9-15(20)18-16-12-6-4-3-5-11(12)7-8-14(16)22-17(18)21/h3-6,10,13-14,16,19H,7-9H2,1-2H3/t13-,14-,16-/m0/s1. The second-order valence-electron chi connectivity index (χ2n) is 6.38. The summed E-state index contributed by atoms with van der Waals surface area (Å²) in [5.74, 6) is -0.396. The molecular formula is C17H21NO4. The van der Waals surface area contributed by atoms with Gasteiger partial charge in [-0.1, -0.05) is 38.1 Å². The van der Waals surface area contributed by atoms with E-state index in [4.69, 9.17) is 4.74 Å². The van der Waals surface area contributed by atoms with Crippen LogP contribution in [-0.4, -0.2) is 34.2 Å². The molecule has 3 atom stereocenters. The fraction of sp³-hybridized carbons (Fsp3) is 0.529. The molecule has 2 amide bonds. The van der Waals surface area contributed by atoms with Gasteiger partial charge < -0.3 is 9.84 Å². The van der Waals surface area contributed by atoms with Crippen LogP contribution in [0.15, 0.2) is 24.3 Å². The molecule has 2 aliphatic rings. The van der Waals surface area contributed by atoms with Crippen molar-refractivity contribution in [1.29, 1.82) is 0 Å². The Morgan fingerprint density at radius 2 is 2.14 bits per heavy atom. The van der Waals surface area contributed by atoms with Gasteiger partial charge in [0, 0.05) is 0 Å². The normalized spacial score (nSPS) is 24.7. The summed E-state index contributed by atoms with van der Waals surface area (Å²) >= 11 is 0. The van der Waals surface area contributed by atoms with Gasteiger partial charge in [-0.15, -0.1) is 0 Å². The quantitative estimate of drug-likeness (QED) is 0.931. The van der Waals surface area contributed by atoms with Gasteiger partial charge in [-0.05, 0) is 29.9 Å². The van der Waals surface area contributed by atoms with E-state index in [1.54, 1.807) is 0 Å². The molecule has 1 aliphatic carbocycles. The predicted octanol–water partition coefficient (Wildman–Crippen LogP) is 2.43. The highest BCUT2D eigenvalue weighted by Crippen LogP contribution is 2.41. The molecule has 1 heterocycles. The molecule has 0 spiro atoms. The zero-order valence-electron chi connectivity index (χ0n) is 12.9. The van der Waals surface area contributed by atoms with Crippen molar-refractivity contribution >= 4 is 12.0 Å². The Hall–Kier alpha value is -1.88. The molecule has 1 N–H and O–H groups in total. The number of benzene rings is 1. The third-order valence-electron chi connectivity index (χ3n) is 4.57. The van der Waals surface area contributed by atoms with E-state index in [1.165, 1.54) is 4.90 Å². The number of imide groups is 1. The molecule has 5 heteroatoms. The monoisotopic (exact) mass is 303 g/mol. The van der Waals surface area contributed by atoms with E-state index in [1.807, 2.05) is 38.1 Å². The minimum absolute atomic E-state index is 0.0305. The summed E-state index contributed by atoms with van der Waals surface area (Å²) in [5, 5.41) is 9.94. The lowest BCUT2D eigenvalue weighted by Gasteiger charge is -2.30. The van der Waals surface area contributed by atoms with Gasteiger partial charge in [0.2, 0.25) is 5.91 Å². The molecule has 1 aromatic carbocycles. The number of ether oxygens (including phenoxy) is 1. The van der Waals surface area contributed by atoms with Crippen molar-refractivity contribution in [2.75, 3.05) is 0 Å². The Balaban J connectivity index is 1.88. The van der Waals surface area contributed by atoms with Crippen molar-refractivity contribution < 1.29 is 19.4 Å². The second-order valence-corrected chi connectivity index (χ2v) is 6.38. The molecule has 5 nitrogen and oxygen atoms in total. The number of aliphatic hydroxyl groups is 1. The zero-order chi connectivity index (χ0) is 15.9. The summed E-state index contributed by atoms with van der Waals surface area (Å²) in [7, 11) is 0. The fourth-order valence-corrected chi connectivity index (χ4v) is 3.20. The van der Waals surface area contributed by atoms with E-state index in [0.717, 1.165) is 24.0 Å². The highest BCUT2D eigenvalue weighted by atomic mass is 16.6. The minimum atomic E-state index is -0.752. The van der Waals surface area contributed by atoms with E-state index in [0.29, 0.717) is 0 Å². The second kappa shape index (κ2) is 5.72. The van der Waals surface area contributed by atoms with E-state index in [2.05, 4.69) is 0 Å². The van der Waals surface area contributed by atoms with Crippen LogP contribution in [0, 0.1) is 5.92 Å². The van der Waals surface area contributed by atoms with Crippen molar-refractivity contribution in [2.24, 2.45) is 5.92 Å². The Kier molecular flexibility index (Phi) is 3.91. The first-order valence-electron chi connectivity index (χ1n) is 7.77. The number of aryl methyl sites for hydroxylation is 1. The number of carbonyl (C=O) groups excluding carboxylic acids is 2.